The lowest BCUT2D eigenvalue weighted by Crippen LogP contribution is -2.35. The van der Waals surface area contributed by atoms with Gasteiger partial charge in [-0.05, 0) is 24.6 Å². The van der Waals surface area contributed by atoms with Crippen molar-refractivity contribution < 1.29 is 14.0 Å². The summed E-state index contributed by atoms with van der Waals surface area (Å²) in [4.78, 5) is 23.1. The van der Waals surface area contributed by atoms with Crippen LogP contribution in [-0.4, -0.2) is 18.4 Å². The van der Waals surface area contributed by atoms with Crippen molar-refractivity contribution in [3.63, 3.8) is 0 Å². The summed E-state index contributed by atoms with van der Waals surface area (Å²) in [5.41, 5.74) is 0.273. The molecule has 2 N–H and O–H groups in total. The molecule has 21 heavy (non-hydrogen) atoms. The highest BCUT2D eigenvalue weighted by molar-refractivity contribution is 6.39. The third kappa shape index (κ3) is 7.44. The summed E-state index contributed by atoms with van der Waals surface area (Å²) in [6, 6.07) is 5.44. The van der Waals surface area contributed by atoms with Crippen LogP contribution >= 0.6 is 0 Å². The molecule has 4 nitrogen and oxygen atoms in total. The van der Waals surface area contributed by atoms with Gasteiger partial charge in [-0.3, -0.25) is 9.59 Å². The van der Waals surface area contributed by atoms with Crippen LogP contribution in [0.25, 0.3) is 0 Å². The Kier molecular flexibility index (Phi) is 8.09. The first-order chi connectivity index (χ1) is 10.1. The Labute approximate surface area is 125 Å². The minimum absolute atomic E-state index is 0.273. The summed E-state index contributed by atoms with van der Waals surface area (Å²) in [5.74, 6) is -1.92. The van der Waals surface area contributed by atoms with E-state index >= 15 is 0 Å². The molecule has 0 fully saturated rings. The third-order valence-corrected chi connectivity index (χ3v) is 3.10. The molecule has 0 aliphatic rings. The first kappa shape index (κ1) is 17.1. The molecule has 1 aromatic carbocycles. The minimum atomic E-state index is -0.772. The number of anilines is 1. The van der Waals surface area contributed by atoms with Gasteiger partial charge in [0, 0.05) is 12.2 Å². The normalized spacial score (nSPS) is 10.2. The Morgan fingerprint density at radius 1 is 1.05 bits per heavy atom. The molecule has 116 valence electrons. The molecule has 0 unspecified atom stereocenters. The number of carbonyl (C=O) groups excluding carboxylic acids is 2. The summed E-state index contributed by atoms with van der Waals surface area (Å²) < 4.78 is 12.9. The van der Waals surface area contributed by atoms with Crippen molar-refractivity contribution >= 4 is 17.5 Å². The van der Waals surface area contributed by atoms with Gasteiger partial charge in [-0.15, -0.1) is 0 Å². The molecule has 1 rings (SSSR count). The molecule has 0 saturated heterocycles. The molecular formula is C16H23FN2O2. The van der Waals surface area contributed by atoms with Gasteiger partial charge in [0.2, 0.25) is 0 Å². The fourth-order valence-corrected chi connectivity index (χ4v) is 1.94. The average Bonchev–Trinajstić information content (AvgIpc) is 2.46. The summed E-state index contributed by atoms with van der Waals surface area (Å²) in [6.45, 7) is 2.65. The van der Waals surface area contributed by atoms with Crippen LogP contribution in [0.1, 0.15) is 45.4 Å². The molecule has 0 heterocycles. The van der Waals surface area contributed by atoms with Crippen molar-refractivity contribution in [3.8, 4) is 0 Å². The van der Waals surface area contributed by atoms with Gasteiger partial charge in [0.1, 0.15) is 5.82 Å². The second-order valence-corrected chi connectivity index (χ2v) is 4.99. The lowest BCUT2D eigenvalue weighted by atomic mass is 10.1. The van der Waals surface area contributed by atoms with Gasteiger partial charge in [-0.2, -0.15) is 0 Å². The van der Waals surface area contributed by atoms with E-state index in [-0.39, 0.29) is 5.69 Å². The molecule has 0 saturated carbocycles. The lowest BCUT2D eigenvalue weighted by Gasteiger charge is -2.06. The topological polar surface area (TPSA) is 58.2 Å². The molecule has 0 aliphatic heterocycles. The van der Waals surface area contributed by atoms with Gasteiger partial charge in [0.25, 0.3) is 0 Å². The molecule has 0 aromatic heterocycles. The predicted molar refractivity (Wildman–Crippen MR) is 81.4 cm³/mol. The summed E-state index contributed by atoms with van der Waals surface area (Å²) >= 11 is 0. The fraction of sp³-hybridized carbons (Fsp3) is 0.500. The van der Waals surface area contributed by atoms with Gasteiger partial charge in [0.05, 0.1) is 0 Å². The van der Waals surface area contributed by atoms with Crippen molar-refractivity contribution in [2.24, 2.45) is 0 Å². The zero-order valence-corrected chi connectivity index (χ0v) is 12.5. The Morgan fingerprint density at radius 3 is 2.48 bits per heavy atom. The molecule has 0 radical (unpaired) electrons. The number of amides is 2. The van der Waals surface area contributed by atoms with Crippen LogP contribution in [0.2, 0.25) is 0 Å². The molecule has 2 amide bonds. The van der Waals surface area contributed by atoms with E-state index in [9.17, 15) is 14.0 Å². The Hall–Kier alpha value is -1.91. The van der Waals surface area contributed by atoms with Gasteiger partial charge in [-0.1, -0.05) is 45.1 Å². The van der Waals surface area contributed by atoms with E-state index in [0.717, 1.165) is 19.3 Å². The average molecular weight is 294 g/mol. The largest absolute Gasteiger partial charge is 0.348 e. The summed E-state index contributed by atoms with van der Waals surface area (Å²) in [5, 5.41) is 4.92. The molecule has 0 bridgehead atoms. The van der Waals surface area contributed by atoms with Crippen LogP contribution < -0.4 is 10.6 Å². The SMILES string of the molecule is CCCCCCCCNC(=O)C(=O)Nc1cccc(F)c1. The summed E-state index contributed by atoms with van der Waals surface area (Å²) in [6.07, 6.45) is 6.72. The van der Waals surface area contributed by atoms with E-state index in [1.807, 2.05) is 0 Å². The number of unbranched alkanes of at least 4 members (excludes halogenated alkanes) is 5. The maximum Gasteiger partial charge on any atom is 0.313 e. The predicted octanol–water partition coefficient (Wildman–Crippen LogP) is 3.24. The Balaban J connectivity index is 2.18. The van der Waals surface area contributed by atoms with Gasteiger partial charge < -0.3 is 10.6 Å². The maximum atomic E-state index is 12.9. The number of nitrogens with one attached hydrogen (secondary N) is 2. The monoisotopic (exact) mass is 294 g/mol. The first-order valence-corrected chi connectivity index (χ1v) is 7.48. The van der Waals surface area contributed by atoms with Crippen molar-refractivity contribution in [1.29, 1.82) is 0 Å². The number of benzene rings is 1. The van der Waals surface area contributed by atoms with Gasteiger partial charge in [-0.25, -0.2) is 4.39 Å². The first-order valence-electron chi connectivity index (χ1n) is 7.48. The smallest absolute Gasteiger partial charge is 0.313 e. The molecular weight excluding hydrogens is 271 g/mol. The van der Waals surface area contributed by atoms with E-state index < -0.39 is 17.6 Å². The number of carbonyl (C=O) groups is 2. The molecule has 1 aromatic rings. The standard InChI is InChI=1S/C16H23FN2O2/c1-2-3-4-5-6-7-11-18-15(20)16(21)19-14-10-8-9-13(17)12-14/h8-10,12H,2-7,11H2,1H3,(H,18,20)(H,19,21). The van der Waals surface area contributed by atoms with E-state index in [1.54, 1.807) is 0 Å². The Bertz CT molecular complexity index is 463. The highest BCUT2D eigenvalue weighted by Gasteiger charge is 2.12. The van der Waals surface area contributed by atoms with Crippen LogP contribution in [0.4, 0.5) is 10.1 Å². The van der Waals surface area contributed by atoms with Crippen LogP contribution in [0.5, 0.6) is 0 Å². The zero-order chi connectivity index (χ0) is 15.5. The van der Waals surface area contributed by atoms with Gasteiger partial charge in [0.15, 0.2) is 0 Å². The van der Waals surface area contributed by atoms with Crippen LogP contribution in [-0.2, 0) is 9.59 Å². The van der Waals surface area contributed by atoms with Crippen LogP contribution in [0.15, 0.2) is 24.3 Å². The quantitative estimate of drug-likeness (QED) is 0.571. The number of hydrogen-bond acceptors (Lipinski definition) is 2. The second kappa shape index (κ2) is 9.91. The fourth-order valence-electron chi connectivity index (χ4n) is 1.94. The van der Waals surface area contributed by atoms with E-state index in [2.05, 4.69) is 17.6 Å². The highest BCUT2D eigenvalue weighted by atomic mass is 19.1. The number of rotatable bonds is 8. The van der Waals surface area contributed by atoms with Crippen molar-refractivity contribution in [1.82, 2.24) is 5.32 Å². The molecule has 5 heteroatoms. The van der Waals surface area contributed by atoms with E-state index in [0.29, 0.717) is 6.54 Å². The minimum Gasteiger partial charge on any atom is -0.348 e. The van der Waals surface area contributed by atoms with Crippen molar-refractivity contribution in [3.05, 3.63) is 30.1 Å². The molecule has 0 atom stereocenters. The molecule has 0 aliphatic carbocycles. The summed E-state index contributed by atoms with van der Waals surface area (Å²) in [7, 11) is 0. The van der Waals surface area contributed by atoms with Crippen LogP contribution in [0, 0.1) is 5.82 Å². The van der Waals surface area contributed by atoms with Gasteiger partial charge >= 0.3 is 11.8 Å². The lowest BCUT2D eigenvalue weighted by molar-refractivity contribution is -0.136. The highest BCUT2D eigenvalue weighted by Crippen LogP contribution is 2.08. The second-order valence-electron chi connectivity index (χ2n) is 4.99. The number of halogens is 1. The maximum absolute atomic E-state index is 12.9. The van der Waals surface area contributed by atoms with E-state index in [4.69, 9.17) is 0 Å². The van der Waals surface area contributed by atoms with E-state index in [1.165, 1.54) is 43.5 Å². The molecule has 0 spiro atoms. The van der Waals surface area contributed by atoms with Crippen molar-refractivity contribution in [2.75, 3.05) is 11.9 Å². The zero-order valence-electron chi connectivity index (χ0n) is 12.5. The Morgan fingerprint density at radius 2 is 1.76 bits per heavy atom. The van der Waals surface area contributed by atoms with Crippen molar-refractivity contribution in [2.45, 2.75) is 45.4 Å². The number of hydrogen-bond donors (Lipinski definition) is 2. The third-order valence-electron chi connectivity index (χ3n) is 3.10. The van der Waals surface area contributed by atoms with Crippen LogP contribution in [0.3, 0.4) is 0 Å².